The third-order valence-electron chi connectivity index (χ3n) is 4.18. The number of anilines is 1. The zero-order valence-electron chi connectivity index (χ0n) is 17.4. The first-order valence-corrected chi connectivity index (χ1v) is 9.32. The molecular weight excluding hydrogens is 380 g/mol. The fourth-order valence-electron chi connectivity index (χ4n) is 2.87. The smallest absolute Gasteiger partial charge is 0.411 e. The molecule has 1 aromatic rings. The van der Waals surface area contributed by atoms with Gasteiger partial charge in [-0.2, -0.15) is 0 Å². The highest BCUT2D eigenvalue weighted by Gasteiger charge is 2.37. The van der Waals surface area contributed by atoms with Gasteiger partial charge < -0.3 is 24.3 Å². The van der Waals surface area contributed by atoms with Gasteiger partial charge in [0.05, 0.1) is 19.9 Å². The number of nitrogens with zero attached hydrogens (tertiary/aromatic N) is 1. The number of hydrogen-bond donors (Lipinski definition) is 1. The Bertz CT molecular complexity index is 758. The van der Waals surface area contributed by atoms with E-state index in [1.807, 2.05) is 0 Å². The molecular formula is C20H28N2O7. The van der Waals surface area contributed by atoms with Gasteiger partial charge in [-0.15, -0.1) is 0 Å². The number of carbonyl (C=O) groups excluding carboxylic acids is 3. The minimum atomic E-state index is -0.756. The van der Waals surface area contributed by atoms with E-state index >= 15 is 0 Å². The van der Waals surface area contributed by atoms with E-state index in [1.54, 1.807) is 39.0 Å². The summed E-state index contributed by atoms with van der Waals surface area (Å²) >= 11 is 0. The van der Waals surface area contributed by atoms with Crippen molar-refractivity contribution in [2.75, 3.05) is 32.7 Å². The molecule has 9 nitrogen and oxygen atoms in total. The van der Waals surface area contributed by atoms with Crippen LogP contribution < -0.4 is 14.8 Å². The Balaban J connectivity index is 1.91. The first-order chi connectivity index (χ1) is 13.6. The van der Waals surface area contributed by atoms with Crippen LogP contribution in [0.1, 0.15) is 33.6 Å². The minimum absolute atomic E-state index is 0.407. The van der Waals surface area contributed by atoms with E-state index < -0.39 is 36.2 Å². The summed E-state index contributed by atoms with van der Waals surface area (Å²) in [4.78, 5) is 38.2. The van der Waals surface area contributed by atoms with Gasteiger partial charge in [0.15, 0.2) is 6.61 Å². The van der Waals surface area contributed by atoms with Crippen LogP contribution in [0.2, 0.25) is 0 Å². The Morgan fingerprint density at radius 1 is 1.17 bits per heavy atom. The highest BCUT2D eigenvalue weighted by Crippen LogP contribution is 2.29. The number of methoxy groups -OCH3 is 2. The molecule has 1 aliphatic heterocycles. The van der Waals surface area contributed by atoms with Crippen LogP contribution in [0.3, 0.4) is 0 Å². The van der Waals surface area contributed by atoms with Crippen molar-refractivity contribution in [2.45, 2.75) is 45.3 Å². The lowest BCUT2D eigenvalue weighted by molar-refractivity contribution is -0.151. The van der Waals surface area contributed by atoms with Crippen molar-refractivity contribution in [1.29, 1.82) is 0 Å². The third kappa shape index (κ3) is 6.27. The molecule has 0 aliphatic carbocycles. The summed E-state index contributed by atoms with van der Waals surface area (Å²) < 4.78 is 20.8. The quantitative estimate of drug-likeness (QED) is 0.722. The molecule has 0 aromatic heterocycles. The fraction of sp³-hybridized carbons (Fsp3) is 0.550. The first kappa shape index (κ1) is 22.3. The number of hydrogen-bond acceptors (Lipinski definition) is 7. The van der Waals surface area contributed by atoms with Crippen molar-refractivity contribution >= 4 is 23.7 Å². The molecule has 1 atom stereocenters. The number of carbonyl (C=O) groups is 3. The number of esters is 1. The van der Waals surface area contributed by atoms with Crippen molar-refractivity contribution in [2.24, 2.45) is 0 Å². The lowest BCUT2D eigenvalue weighted by Crippen LogP contribution is -2.44. The van der Waals surface area contributed by atoms with Crippen LogP contribution in [0.5, 0.6) is 11.5 Å². The maximum atomic E-state index is 12.4. The normalized spacial score (nSPS) is 16.2. The Morgan fingerprint density at radius 2 is 1.90 bits per heavy atom. The van der Waals surface area contributed by atoms with Crippen molar-refractivity contribution in [3.8, 4) is 11.5 Å². The van der Waals surface area contributed by atoms with Crippen molar-refractivity contribution in [1.82, 2.24) is 4.90 Å². The average molecular weight is 408 g/mol. The maximum Gasteiger partial charge on any atom is 0.411 e. The second kappa shape index (κ2) is 9.49. The molecule has 0 unspecified atom stereocenters. The molecule has 1 N–H and O–H groups in total. The van der Waals surface area contributed by atoms with Crippen molar-refractivity contribution < 1.29 is 33.3 Å². The van der Waals surface area contributed by atoms with Crippen LogP contribution in [0, 0.1) is 0 Å². The molecule has 0 radical (unpaired) electrons. The third-order valence-corrected chi connectivity index (χ3v) is 4.18. The average Bonchev–Trinajstić information content (AvgIpc) is 3.15. The predicted octanol–water partition coefficient (Wildman–Crippen LogP) is 2.59. The molecule has 160 valence electrons. The van der Waals surface area contributed by atoms with E-state index in [0.29, 0.717) is 36.6 Å². The van der Waals surface area contributed by atoms with Gasteiger partial charge in [0.2, 0.25) is 0 Å². The van der Waals surface area contributed by atoms with Gasteiger partial charge in [0.25, 0.3) is 5.91 Å². The van der Waals surface area contributed by atoms with E-state index in [-0.39, 0.29) is 0 Å². The Kier molecular flexibility index (Phi) is 7.30. The summed E-state index contributed by atoms with van der Waals surface area (Å²) in [6, 6.07) is 4.16. The lowest BCUT2D eigenvalue weighted by atomic mass is 10.2. The Morgan fingerprint density at radius 3 is 2.52 bits per heavy atom. The summed E-state index contributed by atoms with van der Waals surface area (Å²) in [6.07, 6.45) is 0.560. The molecule has 0 bridgehead atoms. The van der Waals surface area contributed by atoms with Crippen LogP contribution in [-0.4, -0.2) is 61.9 Å². The monoisotopic (exact) mass is 408 g/mol. The van der Waals surface area contributed by atoms with Crippen molar-refractivity contribution in [3.05, 3.63) is 18.2 Å². The molecule has 9 heteroatoms. The number of likely N-dealkylation sites (tertiary alicyclic amines) is 1. The van der Waals surface area contributed by atoms with Crippen LogP contribution in [0.25, 0.3) is 0 Å². The molecule has 0 saturated carbocycles. The lowest BCUT2D eigenvalue weighted by Gasteiger charge is -2.27. The molecule has 2 rings (SSSR count). The SMILES string of the molecule is COc1ccc(NC(=O)COC(=O)[C@@H]2CCCN2C(=O)OC(C)(C)C)c(OC)c1. The van der Waals surface area contributed by atoms with Crippen molar-refractivity contribution in [3.63, 3.8) is 0 Å². The molecule has 1 fully saturated rings. The largest absolute Gasteiger partial charge is 0.497 e. The van der Waals surface area contributed by atoms with Gasteiger partial charge in [0.1, 0.15) is 23.1 Å². The summed E-state index contributed by atoms with van der Waals surface area (Å²) in [5, 5.41) is 2.62. The van der Waals surface area contributed by atoms with Crippen LogP contribution in [0.4, 0.5) is 10.5 Å². The summed E-state index contributed by atoms with van der Waals surface area (Å²) in [7, 11) is 2.99. The molecule has 1 saturated heterocycles. The number of nitrogens with one attached hydrogen (secondary N) is 1. The number of rotatable bonds is 6. The molecule has 1 aromatic carbocycles. The van der Waals surface area contributed by atoms with E-state index in [9.17, 15) is 14.4 Å². The van der Waals surface area contributed by atoms with Gasteiger partial charge >= 0.3 is 12.1 Å². The van der Waals surface area contributed by atoms with Crippen LogP contribution in [0.15, 0.2) is 18.2 Å². The summed E-state index contributed by atoms with van der Waals surface area (Å²) in [5.41, 5.74) is -0.239. The Labute approximate surface area is 170 Å². The summed E-state index contributed by atoms with van der Waals surface area (Å²) in [5.74, 6) is -0.167. The zero-order chi connectivity index (χ0) is 21.6. The van der Waals surface area contributed by atoms with Gasteiger partial charge in [-0.1, -0.05) is 0 Å². The first-order valence-electron chi connectivity index (χ1n) is 9.32. The van der Waals surface area contributed by atoms with Crippen LogP contribution >= 0.6 is 0 Å². The minimum Gasteiger partial charge on any atom is -0.497 e. The van der Waals surface area contributed by atoms with Gasteiger partial charge in [-0.25, -0.2) is 9.59 Å². The zero-order valence-corrected chi connectivity index (χ0v) is 17.4. The van der Waals surface area contributed by atoms with Gasteiger partial charge in [-0.3, -0.25) is 9.69 Å². The maximum absolute atomic E-state index is 12.4. The molecule has 1 aliphatic rings. The fourth-order valence-corrected chi connectivity index (χ4v) is 2.87. The van der Waals surface area contributed by atoms with Gasteiger partial charge in [-0.05, 0) is 45.7 Å². The summed E-state index contributed by atoms with van der Waals surface area (Å²) in [6.45, 7) is 5.20. The second-order valence-corrected chi connectivity index (χ2v) is 7.55. The van der Waals surface area contributed by atoms with Crippen LogP contribution in [-0.2, 0) is 19.1 Å². The van der Waals surface area contributed by atoms with E-state index in [0.717, 1.165) is 0 Å². The second-order valence-electron chi connectivity index (χ2n) is 7.55. The molecule has 0 spiro atoms. The highest BCUT2D eigenvalue weighted by atomic mass is 16.6. The number of benzene rings is 1. The predicted molar refractivity (Wildman–Crippen MR) is 105 cm³/mol. The van der Waals surface area contributed by atoms with E-state index in [1.165, 1.54) is 19.1 Å². The van der Waals surface area contributed by atoms with E-state index in [2.05, 4.69) is 5.32 Å². The molecule has 1 heterocycles. The Hall–Kier alpha value is -2.97. The number of ether oxygens (including phenoxy) is 4. The molecule has 29 heavy (non-hydrogen) atoms. The van der Waals surface area contributed by atoms with Gasteiger partial charge in [0, 0.05) is 12.6 Å². The highest BCUT2D eigenvalue weighted by molar-refractivity contribution is 5.94. The number of amides is 2. The topological polar surface area (TPSA) is 103 Å². The van der Waals surface area contributed by atoms with E-state index in [4.69, 9.17) is 18.9 Å². The standard InChI is InChI=1S/C20H28N2O7/c1-20(2,3)29-19(25)22-10-6-7-15(22)18(24)28-12-17(23)21-14-9-8-13(26-4)11-16(14)27-5/h8-9,11,15H,6-7,10,12H2,1-5H3,(H,21,23)/t15-/m0/s1. The molecule has 2 amide bonds.